The highest BCUT2D eigenvalue weighted by molar-refractivity contribution is 6.40. The topological polar surface area (TPSA) is 62.2 Å². The molecule has 6 nitrogen and oxygen atoms in total. The third-order valence-corrected chi connectivity index (χ3v) is 5.01. The van der Waals surface area contributed by atoms with E-state index in [4.69, 9.17) is 4.74 Å². The Kier molecular flexibility index (Phi) is 4.53. The number of nitrogens with zero attached hydrogens (tertiary/aromatic N) is 3. The van der Waals surface area contributed by atoms with Crippen LogP contribution in [0.1, 0.15) is 32.1 Å². The van der Waals surface area contributed by atoms with Crippen molar-refractivity contribution in [3.63, 3.8) is 0 Å². The van der Waals surface area contributed by atoms with Crippen LogP contribution in [0.4, 0.5) is 5.69 Å². The van der Waals surface area contributed by atoms with Crippen LogP contribution in [0.15, 0.2) is 35.4 Å². The summed E-state index contributed by atoms with van der Waals surface area (Å²) in [6.45, 7) is 2.26. The standard InChI is InChI=1S/C19H23N3O3/c23-18-9-8-17(20-22(18)16-4-2-1-3-5-16)19(24)21(15-6-7-15)12-14-10-11-25-13-14/h1-5,14-15H,6-13H2/t14-/m0/s1. The Labute approximate surface area is 147 Å². The number of rotatable bonds is 5. The molecule has 0 aromatic heterocycles. The molecular formula is C19H23N3O3. The molecule has 1 aliphatic carbocycles. The van der Waals surface area contributed by atoms with E-state index in [2.05, 4.69) is 5.10 Å². The third-order valence-electron chi connectivity index (χ3n) is 5.01. The van der Waals surface area contributed by atoms with E-state index < -0.39 is 0 Å². The Balaban J connectivity index is 1.54. The minimum absolute atomic E-state index is 0.0113. The molecule has 3 aliphatic rings. The summed E-state index contributed by atoms with van der Waals surface area (Å²) in [6, 6.07) is 9.63. The molecule has 1 aromatic carbocycles. The van der Waals surface area contributed by atoms with Gasteiger partial charge < -0.3 is 9.64 Å². The highest BCUT2D eigenvalue weighted by Gasteiger charge is 2.38. The highest BCUT2D eigenvalue weighted by Crippen LogP contribution is 2.30. The van der Waals surface area contributed by atoms with Crippen LogP contribution in [0.5, 0.6) is 0 Å². The van der Waals surface area contributed by atoms with Crippen LogP contribution in [0.2, 0.25) is 0 Å². The molecule has 1 saturated carbocycles. The summed E-state index contributed by atoms with van der Waals surface area (Å²) in [5, 5.41) is 5.79. The molecule has 6 heteroatoms. The van der Waals surface area contributed by atoms with Crippen molar-refractivity contribution < 1.29 is 14.3 Å². The largest absolute Gasteiger partial charge is 0.381 e. The fourth-order valence-corrected chi connectivity index (χ4v) is 3.43. The molecule has 2 aliphatic heterocycles. The summed E-state index contributed by atoms with van der Waals surface area (Å²) >= 11 is 0. The Morgan fingerprint density at radius 2 is 2.00 bits per heavy atom. The molecule has 0 radical (unpaired) electrons. The number of para-hydroxylation sites is 1. The predicted molar refractivity (Wildman–Crippen MR) is 94.3 cm³/mol. The normalized spacial score (nSPS) is 23.5. The average Bonchev–Trinajstić information content (AvgIpc) is 3.36. The summed E-state index contributed by atoms with van der Waals surface area (Å²) in [6.07, 6.45) is 3.88. The Morgan fingerprint density at radius 1 is 1.20 bits per heavy atom. The molecule has 0 spiro atoms. The molecule has 2 amide bonds. The van der Waals surface area contributed by atoms with E-state index in [0.29, 0.717) is 36.2 Å². The molecule has 0 bridgehead atoms. The van der Waals surface area contributed by atoms with Crippen LogP contribution in [0, 0.1) is 5.92 Å². The van der Waals surface area contributed by atoms with Crippen molar-refractivity contribution >= 4 is 23.2 Å². The van der Waals surface area contributed by atoms with Crippen molar-refractivity contribution in [2.75, 3.05) is 24.8 Å². The minimum Gasteiger partial charge on any atom is -0.381 e. The number of carbonyl (C=O) groups excluding carboxylic acids is 2. The molecule has 1 aromatic rings. The van der Waals surface area contributed by atoms with Gasteiger partial charge in [-0.25, -0.2) is 5.01 Å². The highest BCUT2D eigenvalue weighted by atomic mass is 16.5. The average molecular weight is 341 g/mol. The maximum absolute atomic E-state index is 13.1. The SMILES string of the molecule is O=C1CCC(C(=O)N(C[C@@H]2CCOC2)C2CC2)=NN1c1ccccc1. The lowest BCUT2D eigenvalue weighted by atomic mass is 10.1. The number of anilines is 1. The smallest absolute Gasteiger partial charge is 0.270 e. The Bertz CT molecular complexity index is 678. The predicted octanol–water partition coefficient (Wildman–Crippen LogP) is 2.20. The van der Waals surface area contributed by atoms with Gasteiger partial charge in [0.2, 0.25) is 5.91 Å². The summed E-state index contributed by atoms with van der Waals surface area (Å²) in [7, 11) is 0. The summed E-state index contributed by atoms with van der Waals surface area (Å²) in [5.41, 5.74) is 1.20. The minimum atomic E-state index is -0.0649. The van der Waals surface area contributed by atoms with Gasteiger partial charge in [-0.3, -0.25) is 9.59 Å². The number of benzene rings is 1. The van der Waals surface area contributed by atoms with E-state index in [0.717, 1.165) is 39.0 Å². The molecule has 25 heavy (non-hydrogen) atoms. The van der Waals surface area contributed by atoms with E-state index in [1.54, 1.807) is 0 Å². The van der Waals surface area contributed by atoms with Crippen LogP contribution in [-0.4, -0.2) is 48.2 Å². The molecule has 132 valence electrons. The summed E-state index contributed by atoms with van der Waals surface area (Å²) < 4.78 is 5.45. The molecule has 1 saturated heterocycles. The van der Waals surface area contributed by atoms with E-state index in [1.165, 1.54) is 5.01 Å². The van der Waals surface area contributed by atoms with Crippen molar-refractivity contribution in [2.45, 2.75) is 38.1 Å². The molecule has 2 heterocycles. The second-order valence-corrected chi connectivity index (χ2v) is 7.01. The lowest BCUT2D eigenvalue weighted by Crippen LogP contribution is -2.44. The third kappa shape index (κ3) is 3.58. The first-order valence-electron chi connectivity index (χ1n) is 9.06. The van der Waals surface area contributed by atoms with Gasteiger partial charge in [0.25, 0.3) is 5.91 Å². The first-order valence-corrected chi connectivity index (χ1v) is 9.06. The molecule has 0 unspecified atom stereocenters. The second kappa shape index (κ2) is 6.96. The van der Waals surface area contributed by atoms with Crippen molar-refractivity contribution in [3.8, 4) is 0 Å². The van der Waals surface area contributed by atoms with Crippen LogP contribution < -0.4 is 5.01 Å². The number of ether oxygens (including phenoxy) is 1. The zero-order valence-electron chi connectivity index (χ0n) is 14.3. The van der Waals surface area contributed by atoms with Crippen molar-refractivity contribution in [3.05, 3.63) is 30.3 Å². The van der Waals surface area contributed by atoms with Crippen LogP contribution in [-0.2, 0) is 14.3 Å². The number of hydrazone groups is 1. The van der Waals surface area contributed by atoms with Gasteiger partial charge in [0.15, 0.2) is 0 Å². The maximum Gasteiger partial charge on any atom is 0.270 e. The molecule has 2 fully saturated rings. The zero-order valence-corrected chi connectivity index (χ0v) is 14.3. The van der Waals surface area contributed by atoms with E-state index in [1.807, 2.05) is 35.2 Å². The van der Waals surface area contributed by atoms with Gasteiger partial charge in [-0.1, -0.05) is 18.2 Å². The van der Waals surface area contributed by atoms with Crippen molar-refractivity contribution in [2.24, 2.45) is 11.0 Å². The summed E-state index contributed by atoms with van der Waals surface area (Å²) in [5.74, 6) is 0.341. The van der Waals surface area contributed by atoms with Crippen LogP contribution in [0.25, 0.3) is 0 Å². The molecule has 0 N–H and O–H groups in total. The first-order chi connectivity index (χ1) is 12.2. The van der Waals surface area contributed by atoms with Crippen molar-refractivity contribution in [1.82, 2.24) is 4.90 Å². The van der Waals surface area contributed by atoms with Gasteiger partial charge in [0.05, 0.1) is 12.3 Å². The molecule has 1 atom stereocenters. The zero-order chi connectivity index (χ0) is 17.2. The van der Waals surface area contributed by atoms with Gasteiger partial charge in [0.1, 0.15) is 5.71 Å². The monoisotopic (exact) mass is 341 g/mol. The second-order valence-electron chi connectivity index (χ2n) is 7.01. The number of hydrogen-bond donors (Lipinski definition) is 0. The van der Waals surface area contributed by atoms with Gasteiger partial charge in [-0.2, -0.15) is 5.10 Å². The number of hydrogen-bond acceptors (Lipinski definition) is 4. The Hall–Kier alpha value is -2.21. The lowest BCUT2D eigenvalue weighted by Gasteiger charge is -2.28. The number of carbonyl (C=O) groups is 2. The van der Waals surface area contributed by atoms with Crippen molar-refractivity contribution in [1.29, 1.82) is 0 Å². The molecule has 4 rings (SSSR count). The number of amides is 2. The van der Waals surface area contributed by atoms with E-state index >= 15 is 0 Å². The van der Waals surface area contributed by atoms with Crippen LogP contribution in [0.3, 0.4) is 0 Å². The lowest BCUT2D eigenvalue weighted by molar-refractivity contribution is -0.125. The maximum atomic E-state index is 13.1. The van der Waals surface area contributed by atoms with E-state index in [9.17, 15) is 9.59 Å². The van der Waals surface area contributed by atoms with Gasteiger partial charge >= 0.3 is 0 Å². The molecular weight excluding hydrogens is 318 g/mol. The first kappa shape index (κ1) is 16.3. The van der Waals surface area contributed by atoms with Gasteiger partial charge in [0, 0.05) is 38.0 Å². The van der Waals surface area contributed by atoms with Gasteiger partial charge in [-0.05, 0) is 31.4 Å². The van der Waals surface area contributed by atoms with Crippen LogP contribution >= 0.6 is 0 Å². The Morgan fingerprint density at radius 3 is 2.68 bits per heavy atom. The quantitative estimate of drug-likeness (QED) is 0.825. The summed E-state index contributed by atoms with van der Waals surface area (Å²) in [4.78, 5) is 27.3. The fourth-order valence-electron chi connectivity index (χ4n) is 3.43. The van der Waals surface area contributed by atoms with Gasteiger partial charge in [-0.15, -0.1) is 0 Å². The fraction of sp³-hybridized carbons (Fsp3) is 0.526. The van der Waals surface area contributed by atoms with E-state index in [-0.39, 0.29) is 11.8 Å².